The van der Waals surface area contributed by atoms with E-state index in [0.29, 0.717) is 61.1 Å². The molecular weight excluding hydrogens is 672 g/mol. The number of carbonyl (C=O) groups excluding carboxylic acids is 2. The Balaban J connectivity index is 1.08. The van der Waals surface area contributed by atoms with Crippen LogP contribution in [0.1, 0.15) is 55.2 Å². The van der Waals surface area contributed by atoms with E-state index < -0.39 is 24.3 Å². The summed E-state index contributed by atoms with van der Waals surface area (Å²) >= 11 is 0. The van der Waals surface area contributed by atoms with Crippen LogP contribution in [-0.2, 0) is 4.79 Å². The zero-order valence-corrected chi connectivity index (χ0v) is 29.3. The number of imidazole rings is 1. The molecule has 8 rings (SSSR count). The number of urea groups is 1. The summed E-state index contributed by atoms with van der Waals surface area (Å²) in [5, 5.41) is 34.8. The standard InChI is InChI=1S/C39H44N10O4/c50-33-30(45-37(52)26-13-7-14-26)19-31(34(33)51)49-23-42-32-35(41-21-29(24-9-3-1-4-10-24)25-11-5-2-6-12-25)46-38(47-36(32)49)48-18-16-28(22-48)44-39(53)43-27-15-8-17-40-20-27/h1-6,8-12,15,17,20,23,26,28-31,33-34,50-51H,7,13-14,16,18-19,21-22H2,(H,45,52)(H,41,46,47)(H2,43,44,53)/t28-,30+,31-,33-,34+/m1/s1. The molecule has 0 radical (unpaired) electrons. The second-order valence-electron chi connectivity index (χ2n) is 14.3. The summed E-state index contributed by atoms with van der Waals surface area (Å²) < 4.78 is 1.80. The third kappa shape index (κ3) is 7.37. The van der Waals surface area contributed by atoms with E-state index in [1.54, 1.807) is 35.4 Å². The highest BCUT2D eigenvalue weighted by Crippen LogP contribution is 2.36. The molecule has 14 heteroatoms. The predicted octanol–water partition coefficient (Wildman–Crippen LogP) is 3.82. The van der Waals surface area contributed by atoms with Crippen molar-refractivity contribution in [2.45, 2.75) is 68.4 Å². The number of nitrogens with one attached hydrogen (secondary N) is 4. The number of anilines is 3. The van der Waals surface area contributed by atoms with Gasteiger partial charge in [-0.1, -0.05) is 67.1 Å². The van der Waals surface area contributed by atoms with Crippen LogP contribution in [0.4, 0.5) is 22.2 Å². The molecule has 3 aromatic heterocycles. The molecule has 2 aromatic carbocycles. The van der Waals surface area contributed by atoms with Gasteiger partial charge in [0.2, 0.25) is 11.9 Å². The van der Waals surface area contributed by atoms with Crippen molar-refractivity contribution < 1.29 is 19.8 Å². The van der Waals surface area contributed by atoms with Crippen molar-refractivity contribution in [3.63, 3.8) is 0 Å². The normalized spacial score (nSPS) is 22.8. The Kier molecular flexibility index (Phi) is 9.87. The molecule has 0 spiro atoms. The van der Waals surface area contributed by atoms with Gasteiger partial charge in [-0.25, -0.2) is 9.78 Å². The van der Waals surface area contributed by atoms with Crippen LogP contribution in [0.2, 0.25) is 0 Å². The number of aliphatic hydroxyl groups excluding tert-OH is 2. The SMILES string of the molecule is O=C(Nc1cccnc1)N[C@@H]1CCN(c2nc(NCC(c3ccccc3)c3ccccc3)c3ncn([C@@H]4C[C@H](NC(=O)C5CCC5)[C@@H](O)[C@H]4O)c3n2)C1. The number of aliphatic hydroxyl groups is 2. The van der Waals surface area contributed by atoms with Gasteiger partial charge in [0.15, 0.2) is 17.0 Å². The summed E-state index contributed by atoms with van der Waals surface area (Å²) in [4.78, 5) is 46.4. The van der Waals surface area contributed by atoms with E-state index in [-0.39, 0.29) is 29.8 Å². The van der Waals surface area contributed by atoms with Crippen molar-refractivity contribution in [1.82, 2.24) is 35.1 Å². The monoisotopic (exact) mass is 716 g/mol. The van der Waals surface area contributed by atoms with E-state index in [4.69, 9.17) is 15.0 Å². The smallest absolute Gasteiger partial charge is 0.319 e. The molecule has 3 fully saturated rings. The van der Waals surface area contributed by atoms with Crippen LogP contribution in [0, 0.1) is 5.92 Å². The number of rotatable bonds is 11. The molecule has 0 bridgehead atoms. The molecule has 14 nitrogen and oxygen atoms in total. The van der Waals surface area contributed by atoms with Gasteiger partial charge in [-0.2, -0.15) is 9.97 Å². The van der Waals surface area contributed by atoms with Crippen LogP contribution in [0.15, 0.2) is 91.5 Å². The lowest BCUT2D eigenvalue weighted by atomic mass is 9.84. The van der Waals surface area contributed by atoms with Crippen molar-refractivity contribution in [2.24, 2.45) is 5.92 Å². The Morgan fingerprint density at radius 1 is 0.887 bits per heavy atom. The molecular formula is C39H44N10O4. The van der Waals surface area contributed by atoms with E-state index in [2.05, 4.69) is 50.5 Å². The van der Waals surface area contributed by atoms with Gasteiger partial charge in [0.05, 0.1) is 30.3 Å². The number of benzene rings is 2. The first kappa shape index (κ1) is 34.5. The summed E-state index contributed by atoms with van der Waals surface area (Å²) in [7, 11) is 0. The van der Waals surface area contributed by atoms with Gasteiger partial charge >= 0.3 is 6.03 Å². The first-order chi connectivity index (χ1) is 25.9. The number of hydrogen-bond donors (Lipinski definition) is 6. The third-order valence-corrected chi connectivity index (χ3v) is 10.8. The maximum atomic E-state index is 12.8. The Labute approximate surface area is 307 Å². The highest BCUT2D eigenvalue weighted by molar-refractivity contribution is 5.89. The topological polar surface area (TPSA) is 182 Å². The molecule has 3 amide bonds. The largest absolute Gasteiger partial charge is 0.388 e. The lowest BCUT2D eigenvalue weighted by Gasteiger charge is -2.27. The molecule has 6 N–H and O–H groups in total. The summed E-state index contributed by atoms with van der Waals surface area (Å²) in [5.41, 5.74) is 3.94. The van der Waals surface area contributed by atoms with Crippen molar-refractivity contribution in [1.29, 1.82) is 0 Å². The lowest BCUT2D eigenvalue weighted by molar-refractivity contribution is -0.129. The predicted molar refractivity (Wildman–Crippen MR) is 200 cm³/mol. The highest BCUT2D eigenvalue weighted by atomic mass is 16.3. The van der Waals surface area contributed by atoms with Gasteiger partial charge in [0, 0.05) is 43.7 Å². The Morgan fingerprint density at radius 2 is 1.64 bits per heavy atom. The van der Waals surface area contributed by atoms with Gasteiger partial charge in [-0.05, 0) is 48.9 Å². The van der Waals surface area contributed by atoms with Gasteiger partial charge in [0.1, 0.15) is 12.2 Å². The molecule has 274 valence electrons. The molecule has 1 aliphatic heterocycles. The first-order valence-corrected chi connectivity index (χ1v) is 18.4. The molecule has 0 unspecified atom stereocenters. The van der Waals surface area contributed by atoms with Crippen molar-refractivity contribution in [3.05, 3.63) is 103 Å². The van der Waals surface area contributed by atoms with Crippen LogP contribution in [0.3, 0.4) is 0 Å². The number of hydrogen-bond acceptors (Lipinski definition) is 10. The summed E-state index contributed by atoms with van der Waals surface area (Å²) in [6.07, 6.45) is 6.31. The number of aromatic nitrogens is 5. The molecule has 2 saturated carbocycles. The number of pyridine rings is 1. The van der Waals surface area contributed by atoms with Crippen LogP contribution < -0.4 is 26.2 Å². The fraction of sp³-hybridized carbons (Fsp3) is 0.385. The fourth-order valence-electron chi connectivity index (χ4n) is 7.66. The van der Waals surface area contributed by atoms with E-state index in [1.807, 2.05) is 41.3 Å². The van der Waals surface area contributed by atoms with Crippen molar-refractivity contribution in [2.75, 3.05) is 35.2 Å². The summed E-state index contributed by atoms with van der Waals surface area (Å²) in [6, 6.07) is 22.5. The van der Waals surface area contributed by atoms with Crippen LogP contribution in [-0.4, -0.2) is 90.6 Å². The average molecular weight is 717 g/mol. The van der Waals surface area contributed by atoms with E-state index in [9.17, 15) is 19.8 Å². The van der Waals surface area contributed by atoms with E-state index >= 15 is 0 Å². The second kappa shape index (κ2) is 15.2. The molecule has 3 aliphatic rings. The minimum absolute atomic E-state index is 0.0125. The van der Waals surface area contributed by atoms with Crippen LogP contribution in [0.5, 0.6) is 0 Å². The zero-order chi connectivity index (χ0) is 36.3. The van der Waals surface area contributed by atoms with Crippen LogP contribution >= 0.6 is 0 Å². The number of amides is 3. The number of fused-ring (bicyclic) bond motifs is 1. The Morgan fingerprint density at radius 3 is 2.32 bits per heavy atom. The first-order valence-electron chi connectivity index (χ1n) is 18.4. The van der Waals surface area contributed by atoms with Crippen molar-refractivity contribution in [3.8, 4) is 0 Å². The molecule has 1 saturated heterocycles. The van der Waals surface area contributed by atoms with Gasteiger partial charge in [-0.3, -0.25) is 9.78 Å². The second-order valence-corrected chi connectivity index (χ2v) is 14.3. The molecule has 53 heavy (non-hydrogen) atoms. The fourth-order valence-corrected chi connectivity index (χ4v) is 7.66. The average Bonchev–Trinajstić information content (AvgIpc) is 3.87. The third-order valence-electron chi connectivity index (χ3n) is 10.8. The molecule has 2 aliphatic carbocycles. The summed E-state index contributed by atoms with van der Waals surface area (Å²) in [6.45, 7) is 1.61. The number of nitrogens with zero attached hydrogens (tertiary/aromatic N) is 6. The lowest BCUT2D eigenvalue weighted by Crippen LogP contribution is -2.46. The molecule has 5 atom stereocenters. The van der Waals surface area contributed by atoms with E-state index in [1.165, 1.54) is 0 Å². The highest BCUT2D eigenvalue weighted by Gasteiger charge is 2.45. The maximum Gasteiger partial charge on any atom is 0.319 e. The minimum Gasteiger partial charge on any atom is -0.388 e. The maximum absolute atomic E-state index is 12.8. The van der Waals surface area contributed by atoms with Crippen molar-refractivity contribution >= 4 is 40.6 Å². The molecule has 4 heterocycles. The minimum atomic E-state index is -1.15. The van der Waals surface area contributed by atoms with Gasteiger partial charge < -0.3 is 40.9 Å². The Hall–Kier alpha value is -5.60. The Bertz CT molecular complexity index is 1990. The van der Waals surface area contributed by atoms with Gasteiger partial charge in [0.25, 0.3) is 0 Å². The molecule has 5 aromatic rings. The summed E-state index contributed by atoms with van der Waals surface area (Å²) in [5.74, 6) is 0.898. The quantitative estimate of drug-likeness (QED) is 0.118. The van der Waals surface area contributed by atoms with Gasteiger partial charge in [-0.15, -0.1) is 0 Å². The zero-order valence-electron chi connectivity index (χ0n) is 29.3. The van der Waals surface area contributed by atoms with Crippen LogP contribution in [0.25, 0.3) is 11.2 Å². The van der Waals surface area contributed by atoms with E-state index in [0.717, 1.165) is 30.4 Å². The number of carbonyl (C=O) groups is 2.